The molecule has 0 bridgehead atoms. The molecule has 3 rings (SSSR count). The number of aryl methyl sites for hydroxylation is 1. The lowest BCUT2D eigenvalue weighted by atomic mass is 10.00. The van der Waals surface area contributed by atoms with Gasteiger partial charge in [0.1, 0.15) is 5.75 Å². The number of nitro groups is 1. The maximum absolute atomic E-state index is 11.3. The lowest BCUT2D eigenvalue weighted by Crippen LogP contribution is -2.19. The number of fused-ring (bicyclic) bond motifs is 1. The summed E-state index contributed by atoms with van der Waals surface area (Å²) < 4.78 is 5.84. The molecule has 0 saturated carbocycles. The van der Waals surface area contributed by atoms with E-state index in [1.54, 1.807) is 6.08 Å². The van der Waals surface area contributed by atoms with Gasteiger partial charge in [-0.3, -0.25) is 10.1 Å². The minimum absolute atomic E-state index is 0.0642. The van der Waals surface area contributed by atoms with Crippen LogP contribution in [0.2, 0.25) is 0 Å². The van der Waals surface area contributed by atoms with Crippen LogP contribution in [0.3, 0.4) is 0 Å². The smallest absolute Gasteiger partial charge is 0.291 e. The standard InChI is InChI=1S/C16H13NO3/c1-11-7-8-15-13(9-11)10-14(17(18)19)16(20-15)12-5-3-2-4-6-12/h2-10,16H,1H3. The van der Waals surface area contributed by atoms with Crippen LogP contribution in [-0.2, 0) is 0 Å². The maximum Gasteiger partial charge on any atom is 0.291 e. The SMILES string of the molecule is Cc1ccc2c(c1)C=C([N+](=O)[O-])C(c1ccccc1)O2. The van der Waals surface area contributed by atoms with Crippen molar-refractivity contribution in [1.82, 2.24) is 0 Å². The molecule has 1 heterocycles. The lowest BCUT2D eigenvalue weighted by Gasteiger charge is -2.22. The topological polar surface area (TPSA) is 52.4 Å². The van der Waals surface area contributed by atoms with Crippen LogP contribution in [0.5, 0.6) is 5.75 Å². The molecule has 0 spiro atoms. The van der Waals surface area contributed by atoms with Crippen molar-refractivity contribution in [1.29, 1.82) is 0 Å². The van der Waals surface area contributed by atoms with Crippen molar-refractivity contribution in [3.63, 3.8) is 0 Å². The quantitative estimate of drug-likeness (QED) is 0.615. The summed E-state index contributed by atoms with van der Waals surface area (Å²) in [6, 6.07) is 14.9. The van der Waals surface area contributed by atoms with Gasteiger partial charge in [0.25, 0.3) is 5.70 Å². The normalized spacial score (nSPS) is 16.9. The average molecular weight is 267 g/mol. The molecular formula is C16H13NO3. The van der Waals surface area contributed by atoms with Crippen LogP contribution in [0, 0.1) is 17.0 Å². The zero-order valence-electron chi connectivity index (χ0n) is 10.9. The zero-order valence-corrected chi connectivity index (χ0v) is 10.9. The summed E-state index contributed by atoms with van der Waals surface area (Å²) in [4.78, 5) is 10.9. The van der Waals surface area contributed by atoms with Crippen molar-refractivity contribution >= 4 is 6.08 Å². The molecule has 100 valence electrons. The van der Waals surface area contributed by atoms with Crippen LogP contribution in [0.1, 0.15) is 22.8 Å². The molecule has 1 aliphatic rings. The summed E-state index contributed by atoms with van der Waals surface area (Å²) in [5.41, 5.74) is 2.64. The van der Waals surface area contributed by atoms with Gasteiger partial charge in [-0.25, -0.2) is 0 Å². The lowest BCUT2D eigenvalue weighted by molar-refractivity contribution is -0.434. The molecule has 0 aliphatic carbocycles. The molecule has 4 nitrogen and oxygen atoms in total. The van der Waals surface area contributed by atoms with E-state index in [1.165, 1.54) is 0 Å². The number of hydrogen-bond donors (Lipinski definition) is 0. The van der Waals surface area contributed by atoms with E-state index < -0.39 is 6.10 Å². The van der Waals surface area contributed by atoms with Crippen molar-refractivity contribution in [3.05, 3.63) is 81.0 Å². The molecule has 2 aromatic carbocycles. The van der Waals surface area contributed by atoms with E-state index in [0.29, 0.717) is 5.75 Å². The Kier molecular flexibility index (Phi) is 2.99. The Labute approximate surface area is 116 Å². The van der Waals surface area contributed by atoms with Gasteiger partial charge in [-0.15, -0.1) is 0 Å². The predicted molar refractivity (Wildman–Crippen MR) is 76.0 cm³/mol. The summed E-state index contributed by atoms with van der Waals surface area (Å²) >= 11 is 0. The summed E-state index contributed by atoms with van der Waals surface area (Å²) in [5.74, 6) is 0.676. The third-order valence-corrected chi connectivity index (χ3v) is 3.30. The number of benzene rings is 2. The van der Waals surface area contributed by atoms with Crippen LogP contribution in [0.4, 0.5) is 0 Å². The molecule has 1 unspecified atom stereocenters. The number of nitrogens with zero attached hydrogens (tertiary/aromatic N) is 1. The first kappa shape index (κ1) is 12.4. The van der Waals surface area contributed by atoms with Gasteiger partial charge >= 0.3 is 0 Å². The highest BCUT2D eigenvalue weighted by atomic mass is 16.6. The Morgan fingerprint density at radius 3 is 2.60 bits per heavy atom. The summed E-state index contributed by atoms with van der Waals surface area (Å²) in [6.45, 7) is 1.95. The number of hydrogen-bond acceptors (Lipinski definition) is 3. The van der Waals surface area contributed by atoms with E-state index in [-0.39, 0.29) is 10.6 Å². The van der Waals surface area contributed by atoms with Gasteiger partial charge in [0.05, 0.1) is 4.92 Å². The zero-order chi connectivity index (χ0) is 14.1. The van der Waals surface area contributed by atoms with Crippen LogP contribution in [0.25, 0.3) is 6.08 Å². The summed E-state index contributed by atoms with van der Waals surface area (Å²) in [5, 5.41) is 11.3. The molecular weight excluding hydrogens is 254 g/mol. The molecule has 1 aliphatic heterocycles. The average Bonchev–Trinajstić information content (AvgIpc) is 2.46. The van der Waals surface area contributed by atoms with Crippen LogP contribution < -0.4 is 4.74 Å². The highest BCUT2D eigenvalue weighted by Crippen LogP contribution is 2.37. The first-order chi connectivity index (χ1) is 9.65. The van der Waals surface area contributed by atoms with Gasteiger partial charge in [-0.05, 0) is 19.1 Å². The van der Waals surface area contributed by atoms with Crippen molar-refractivity contribution in [2.45, 2.75) is 13.0 Å². The minimum Gasteiger partial charge on any atom is -0.474 e. The fraction of sp³-hybridized carbons (Fsp3) is 0.125. The van der Waals surface area contributed by atoms with Gasteiger partial charge in [-0.1, -0.05) is 42.0 Å². The molecule has 0 N–H and O–H groups in total. The van der Waals surface area contributed by atoms with E-state index >= 15 is 0 Å². The van der Waals surface area contributed by atoms with Crippen LogP contribution >= 0.6 is 0 Å². The van der Waals surface area contributed by atoms with Crippen molar-refractivity contribution in [2.24, 2.45) is 0 Å². The minimum atomic E-state index is -0.665. The first-order valence-electron chi connectivity index (χ1n) is 6.33. The van der Waals surface area contributed by atoms with E-state index in [4.69, 9.17) is 4.74 Å². The Bertz CT molecular complexity index is 692. The van der Waals surface area contributed by atoms with Crippen LogP contribution in [-0.4, -0.2) is 4.92 Å². The Balaban J connectivity index is 2.10. The molecule has 20 heavy (non-hydrogen) atoms. The van der Waals surface area contributed by atoms with Crippen LogP contribution in [0.15, 0.2) is 54.2 Å². The third-order valence-electron chi connectivity index (χ3n) is 3.30. The van der Waals surface area contributed by atoms with E-state index in [1.807, 2.05) is 55.5 Å². The number of ether oxygens (including phenoxy) is 1. The second-order valence-electron chi connectivity index (χ2n) is 4.78. The molecule has 0 saturated heterocycles. The molecule has 1 atom stereocenters. The molecule has 0 fully saturated rings. The molecule has 2 aromatic rings. The second-order valence-corrected chi connectivity index (χ2v) is 4.78. The fourth-order valence-electron chi connectivity index (χ4n) is 2.33. The van der Waals surface area contributed by atoms with Crippen molar-refractivity contribution < 1.29 is 9.66 Å². The third kappa shape index (κ3) is 2.16. The van der Waals surface area contributed by atoms with Gasteiger partial charge in [0.2, 0.25) is 6.10 Å². The Morgan fingerprint density at radius 2 is 1.90 bits per heavy atom. The first-order valence-corrected chi connectivity index (χ1v) is 6.33. The van der Waals surface area contributed by atoms with E-state index in [0.717, 1.165) is 16.7 Å². The molecule has 0 amide bonds. The molecule has 0 aromatic heterocycles. The maximum atomic E-state index is 11.3. The highest BCUT2D eigenvalue weighted by molar-refractivity contribution is 5.63. The second kappa shape index (κ2) is 4.81. The van der Waals surface area contributed by atoms with E-state index in [2.05, 4.69) is 0 Å². The monoisotopic (exact) mass is 267 g/mol. The molecule has 4 heteroatoms. The largest absolute Gasteiger partial charge is 0.474 e. The van der Waals surface area contributed by atoms with Gasteiger partial charge in [-0.2, -0.15) is 0 Å². The Hall–Kier alpha value is -2.62. The van der Waals surface area contributed by atoms with Crippen molar-refractivity contribution in [3.8, 4) is 5.75 Å². The fourth-order valence-corrected chi connectivity index (χ4v) is 2.33. The highest BCUT2D eigenvalue weighted by Gasteiger charge is 2.32. The Morgan fingerprint density at radius 1 is 1.15 bits per heavy atom. The van der Waals surface area contributed by atoms with Crippen molar-refractivity contribution in [2.75, 3.05) is 0 Å². The van der Waals surface area contributed by atoms with E-state index in [9.17, 15) is 10.1 Å². The summed E-state index contributed by atoms with van der Waals surface area (Å²) in [6.07, 6.45) is 0.935. The van der Waals surface area contributed by atoms with Gasteiger partial charge in [0.15, 0.2) is 0 Å². The van der Waals surface area contributed by atoms with Gasteiger partial charge in [0, 0.05) is 17.2 Å². The molecule has 0 radical (unpaired) electrons. The summed E-state index contributed by atoms with van der Waals surface area (Å²) in [7, 11) is 0. The number of rotatable bonds is 2. The van der Waals surface area contributed by atoms with Gasteiger partial charge < -0.3 is 4.74 Å². The predicted octanol–water partition coefficient (Wildman–Crippen LogP) is 3.75.